The van der Waals surface area contributed by atoms with Gasteiger partial charge in [0.05, 0.1) is 22.1 Å². The highest BCUT2D eigenvalue weighted by Gasteiger charge is 2.19. The van der Waals surface area contributed by atoms with Crippen molar-refractivity contribution in [2.75, 3.05) is 0 Å². The van der Waals surface area contributed by atoms with Crippen molar-refractivity contribution in [2.45, 2.75) is 0 Å². The molecule has 13 aromatic rings. The van der Waals surface area contributed by atoms with Gasteiger partial charge in [0.25, 0.3) is 0 Å². The second-order valence-electron chi connectivity index (χ2n) is 16.1. The van der Waals surface area contributed by atoms with Gasteiger partial charge in [0.1, 0.15) is 0 Å². The molecule has 0 aliphatic carbocycles. The van der Waals surface area contributed by atoms with E-state index >= 15 is 0 Å². The van der Waals surface area contributed by atoms with Crippen LogP contribution < -0.4 is 0 Å². The maximum absolute atomic E-state index is 2.46. The molecule has 0 fully saturated rings. The number of hydrogen-bond acceptors (Lipinski definition) is 0. The van der Waals surface area contributed by atoms with E-state index in [9.17, 15) is 0 Å². The molecule has 2 heterocycles. The lowest BCUT2D eigenvalue weighted by Crippen LogP contribution is -1.94. The lowest BCUT2D eigenvalue weighted by atomic mass is 9.98. The molecule has 13 rings (SSSR count). The van der Waals surface area contributed by atoms with E-state index in [1.165, 1.54) is 115 Å². The van der Waals surface area contributed by atoms with Crippen LogP contribution >= 0.6 is 0 Å². The maximum atomic E-state index is 2.46. The molecule has 0 amide bonds. The Morgan fingerprint density at radius 3 is 1.22 bits per heavy atom. The van der Waals surface area contributed by atoms with E-state index in [1.54, 1.807) is 0 Å². The van der Waals surface area contributed by atoms with Crippen molar-refractivity contribution in [1.29, 1.82) is 0 Å². The molecule has 0 spiro atoms. The molecule has 0 saturated heterocycles. The first-order chi connectivity index (χ1) is 29.7. The van der Waals surface area contributed by atoms with Gasteiger partial charge in [0, 0.05) is 32.9 Å². The minimum Gasteiger partial charge on any atom is -0.309 e. The highest BCUT2D eigenvalue weighted by molar-refractivity contribution is 6.23. The molecule has 0 radical (unpaired) electrons. The molecular weight excluding hydrogens is 725 g/mol. The molecule has 0 aliphatic rings. The summed E-state index contributed by atoms with van der Waals surface area (Å²) in [4.78, 5) is 0. The summed E-state index contributed by atoms with van der Waals surface area (Å²) in [6.45, 7) is 0. The first kappa shape index (κ1) is 33.1. The third-order valence-electron chi connectivity index (χ3n) is 12.8. The first-order valence-electron chi connectivity index (χ1n) is 20.7. The van der Waals surface area contributed by atoms with Crippen molar-refractivity contribution >= 4 is 86.7 Å². The fourth-order valence-electron chi connectivity index (χ4n) is 9.99. The third-order valence-corrected chi connectivity index (χ3v) is 12.8. The van der Waals surface area contributed by atoms with Crippen LogP contribution in [0.2, 0.25) is 0 Å². The smallest absolute Gasteiger partial charge is 0.0547 e. The van der Waals surface area contributed by atoms with Crippen LogP contribution in [-0.4, -0.2) is 9.13 Å². The van der Waals surface area contributed by atoms with Crippen LogP contribution in [0.25, 0.3) is 120 Å². The van der Waals surface area contributed by atoms with Gasteiger partial charge < -0.3 is 9.13 Å². The predicted octanol–water partition coefficient (Wildman–Crippen LogP) is 15.8. The van der Waals surface area contributed by atoms with Gasteiger partial charge in [-0.3, -0.25) is 0 Å². The Morgan fingerprint density at radius 2 is 0.617 bits per heavy atom. The van der Waals surface area contributed by atoms with E-state index in [0.717, 1.165) is 5.69 Å². The van der Waals surface area contributed by atoms with Gasteiger partial charge in [-0.15, -0.1) is 0 Å². The number of rotatable bonds is 4. The summed E-state index contributed by atoms with van der Waals surface area (Å²) in [6.07, 6.45) is 0. The Bertz CT molecular complexity index is 3880. The quantitative estimate of drug-likeness (QED) is 0.169. The van der Waals surface area contributed by atoms with Crippen molar-refractivity contribution in [3.8, 4) is 33.6 Å². The summed E-state index contributed by atoms with van der Waals surface area (Å²) in [5.41, 5.74) is 12.0. The van der Waals surface area contributed by atoms with E-state index in [1.807, 2.05) is 0 Å². The number of fused-ring (bicyclic) bond motifs is 12. The van der Waals surface area contributed by atoms with E-state index in [-0.39, 0.29) is 0 Å². The fraction of sp³-hybridized carbons (Fsp3) is 0. The van der Waals surface area contributed by atoms with Crippen molar-refractivity contribution in [3.05, 3.63) is 218 Å². The average molecular weight is 761 g/mol. The van der Waals surface area contributed by atoms with E-state index < -0.39 is 0 Å². The Kier molecular flexibility index (Phi) is 7.05. The van der Waals surface area contributed by atoms with Gasteiger partial charge >= 0.3 is 0 Å². The van der Waals surface area contributed by atoms with Gasteiger partial charge in [-0.05, 0) is 132 Å². The zero-order valence-corrected chi connectivity index (χ0v) is 32.7. The van der Waals surface area contributed by atoms with Gasteiger partial charge in [-0.1, -0.05) is 152 Å². The third kappa shape index (κ3) is 4.95. The highest BCUT2D eigenvalue weighted by Crippen LogP contribution is 2.42. The van der Waals surface area contributed by atoms with Crippen molar-refractivity contribution in [1.82, 2.24) is 9.13 Å². The van der Waals surface area contributed by atoms with Crippen LogP contribution in [-0.2, 0) is 0 Å². The average Bonchev–Trinajstić information content (AvgIpc) is 3.84. The SMILES string of the molecule is c1ccc(-c2ccc3cc(-n4c5ccc(-c6ccc7c(c6)c6c8ccccc8ccc6n7-c6ccc7ccccc7c6)cc5c5c6ccccc6ccc54)ccc3c2)cc1. The summed E-state index contributed by atoms with van der Waals surface area (Å²) in [6, 6.07) is 80.7. The van der Waals surface area contributed by atoms with Crippen LogP contribution in [0.15, 0.2) is 218 Å². The molecule has 0 aliphatic heterocycles. The molecule has 11 aromatic carbocycles. The minimum atomic E-state index is 1.16. The number of hydrogen-bond donors (Lipinski definition) is 0. The van der Waals surface area contributed by atoms with Crippen molar-refractivity contribution in [2.24, 2.45) is 0 Å². The van der Waals surface area contributed by atoms with Crippen LogP contribution in [0.1, 0.15) is 0 Å². The molecule has 0 atom stereocenters. The second-order valence-corrected chi connectivity index (χ2v) is 16.1. The topological polar surface area (TPSA) is 9.86 Å². The lowest BCUT2D eigenvalue weighted by Gasteiger charge is -2.11. The van der Waals surface area contributed by atoms with E-state index in [2.05, 4.69) is 228 Å². The summed E-state index contributed by atoms with van der Waals surface area (Å²) in [7, 11) is 0. The predicted molar refractivity (Wildman–Crippen MR) is 256 cm³/mol. The van der Waals surface area contributed by atoms with Crippen LogP contribution in [0.4, 0.5) is 0 Å². The Balaban J connectivity index is 1.02. The van der Waals surface area contributed by atoms with Gasteiger partial charge in [-0.25, -0.2) is 0 Å². The van der Waals surface area contributed by atoms with Gasteiger partial charge in [0.2, 0.25) is 0 Å². The monoisotopic (exact) mass is 760 g/mol. The Morgan fingerprint density at radius 1 is 0.217 bits per heavy atom. The van der Waals surface area contributed by atoms with Crippen LogP contribution in [0, 0.1) is 0 Å². The van der Waals surface area contributed by atoms with Crippen LogP contribution in [0.3, 0.4) is 0 Å². The summed E-state index contributed by atoms with van der Waals surface area (Å²) in [5, 5.41) is 15.1. The molecule has 278 valence electrons. The molecule has 2 aromatic heterocycles. The summed E-state index contributed by atoms with van der Waals surface area (Å²) < 4.78 is 4.90. The standard InChI is InChI=1S/C58H36N2/c1-2-10-37(11-3-1)42-18-19-44-34-48(27-21-43(44)32-42)60-54-29-25-46(36-52(54)58-50-17-9-7-14-40(50)23-31-56(58)60)45-24-28-53-51(35-45)57-49-16-8-6-13-39(49)22-30-55(57)59(53)47-26-20-38-12-4-5-15-41(38)33-47/h1-36H. The fourth-order valence-corrected chi connectivity index (χ4v) is 9.99. The molecule has 0 unspecified atom stereocenters. The molecule has 0 bridgehead atoms. The zero-order chi connectivity index (χ0) is 39.3. The van der Waals surface area contributed by atoms with Gasteiger partial charge in [-0.2, -0.15) is 0 Å². The highest BCUT2D eigenvalue weighted by atomic mass is 15.0. The van der Waals surface area contributed by atoms with Crippen LogP contribution in [0.5, 0.6) is 0 Å². The van der Waals surface area contributed by atoms with Gasteiger partial charge in [0.15, 0.2) is 0 Å². The largest absolute Gasteiger partial charge is 0.309 e. The molecule has 2 nitrogen and oxygen atoms in total. The molecule has 0 saturated carbocycles. The van der Waals surface area contributed by atoms with E-state index in [0.29, 0.717) is 0 Å². The van der Waals surface area contributed by atoms with Crippen molar-refractivity contribution < 1.29 is 0 Å². The maximum Gasteiger partial charge on any atom is 0.0547 e. The second kappa shape index (κ2) is 12.8. The number of nitrogens with zero attached hydrogens (tertiary/aromatic N) is 2. The summed E-state index contributed by atoms with van der Waals surface area (Å²) in [5.74, 6) is 0. The Hall–Kier alpha value is -7.94. The van der Waals surface area contributed by atoms with E-state index in [4.69, 9.17) is 0 Å². The molecular formula is C58H36N2. The normalized spacial score (nSPS) is 12.0. The summed E-state index contributed by atoms with van der Waals surface area (Å²) >= 11 is 0. The molecule has 2 heteroatoms. The number of aromatic nitrogens is 2. The molecule has 60 heavy (non-hydrogen) atoms. The molecule has 0 N–H and O–H groups in total. The van der Waals surface area contributed by atoms with Crippen molar-refractivity contribution in [3.63, 3.8) is 0 Å². The first-order valence-corrected chi connectivity index (χ1v) is 20.7. The zero-order valence-electron chi connectivity index (χ0n) is 32.7. The number of benzene rings is 11. The Labute approximate surface area is 346 Å². The lowest BCUT2D eigenvalue weighted by molar-refractivity contribution is 1.19. The minimum absolute atomic E-state index is 1.16.